The second kappa shape index (κ2) is 5.35. The molecule has 0 aliphatic carbocycles. The molecule has 0 spiro atoms. The van der Waals surface area contributed by atoms with Gasteiger partial charge in [0.1, 0.15) is 5.69 Å². The van der Waals surface area contributed by atoms with Gasteiger partial charge in [-0.05, 0) is 29.8 Å². The van der Waals surface area contributed by atoms with E-state index in [0.717, 1.165) is 12.1 Å². The molecule has 0 bridgehead atoms. The molecule has 0 unspecified atom stereocenters. The predicted octanol–water partition coefficient (Wildman–Crippen LogP) is 2.29. The summed E-state index contributed by atoms with van der Waals surface area (Å²) in [6.45, 7) is 0.118. The summed E-state index contributed by atoms with van der Waals surface area (Å²) in [6, 6.07) is 8.45. The van der Waals surface area contributed by atoms with E-state index >= 15 is 0 Å². The van der Waals surface area contributed by atoms with Gasteiger partial charge in [0, 0.05) is 12.7 Å². The highest BCUT2D eigenvalue weighted by molar-refractivity contribution is 5.92. The lowest BCUT2D eigenvalue weighted by molar-refractivity contribution is 0.0946. The maximum absolute atomic E-state index is 12.9. The van der Waals surface area contributed by atoms with E-state index in [9.17, 15) is 13.6 Å². The number of rotatable bonds is 3. The topological polar surface area (TPSA) is 42.0 Å². The van der Waals surface area contributed by atoms with Crippen molar-refractivity contribution in [3.63, 3.8) is 0 Å². The first kappa shape index (κ1) is 12.2. The Morgan fingerprint density at radius 2 is 2.00 bits per heavy atom. The first-order valence-corrected chi connectivity index (χ1v) is 5.30. The Hall–Kier alpha value is -2.30. The number of hydrogen-bond acceptors (Lipinski definition) is 2. The Balaban J connectivity index is 1.99. The molecule has 0 radical (unpaired) electrons. The third-order valence-corrected chi connectivity index (χ3v) is 2.33. The molecule has 1 aromatic carbocycles. The van der Waals surface area contributed by atoms with Crippen molar-refractivity contribution in [1.82, 2.24) is 10.3 Å². The van der Waals surface area contributed by atoms with Crippen LogP contribution in [0.3, 0.4) is 0 Å². The van der Waals surface area contributed by atoms with Gasteiger partial charge in [-0.25, -0.2) is 8.78 Å². The fourth-order valence-electron chi connectivity index (χ4n) is 1.42. The fraction of sp³-hybridized carbons (Fsp3) is 0.0769. The maximum atomic E-state index is 12.9. The van der Waals surface area contributed by atoms with Crippen LogP contribution in [0.25, 0.3) is 0 Å². The van der Waals surface area contributed by atoms with Crippen molar-refractivity contribution in [1.29, 1.82) is 0 Å². The third-order valence-electron chi connectivity index (χ3n) is 2.33. The van der Waals surface area contributed by atoms with E-state index in [4.69, 9.17) is 0 Å². The summed E-state index contributed by atoms with van der Waals surface area (Å²) in [5.41, 5.74) is 0.762. The highest BCUT2D eigenvalue weighted by atomic mass is 19.2. The predicted molar refractivity (Wildman–Crippen MR) is 61.8 cm³/mol. The van der Waals surface area contributed by atoms with Gasteiger partial charge in [-0.3, -0.25) is 9.78 Å². The van der Waals surface area contributed by atoms with Crippen LogP contribution in [0.5, 0.6) is 0 Å². The molecule has 0 fully saturated rings. The monoisotopic (exact) mass is 248 g/mol. The SMILES string of the molecule is O=C(NCc1ccc(F)c(F)c1)c1ccccn1. The zero-order chi connectivity index (χ0) is 13.0. The van der Waals surface area contributed by atoms with E-state index in [1.54, 1.807) is 18.2 Å². The molecule has 92 valence electrons. The average Bonchev–Trinajstić information content (AvgIpc) is 2.41. The molecular formula is C13H10F2N2O. The van der Waals surface area contributed by atoms with Crippen LogP contribution in [0.2, 0.25) is 0 Å². The van der Waals surface area contributed by atoms with Gasteiger partial charge in [-0.2, -0.15) is 0 Å². The van der Waals surface area contributed by atoms with Crippen molar-refractivity contribution in [3.8, 4) is 0 Å². The molecule has 2 rings (SSSR count). The van der Waals surface area contributed by atoms with Crippen LogP contribution in [0.4, 0.5) is 8.78 Å². The minimum Gasteiger partial charge on any atom is -0.347 e. The van der Waals surface area contributed by atoms with Crippen LogP contribution in [0.15, 0.2) is 42.6 Å². The van der Waals surface area contributed by atoms with E-state index in [1.165, 1.54) is 12.3 Å². The lowest BCUT2D eigenvalue weighted by Gasteiger charge is -2.05. The van der Waals surface area contributed by atoms with Gasteiger partial charge >= 0.3 is 0 Å². The van der Waals surface area contributed by atoms with Crippen molar-refractivity contribution in [2.24, 2.45) is 0 Å². The molecule has 0 aliphatic rings. The average molecular weight is 248 g/mol. The van der Waals surface area contributed by atoms with E-state index in [2.05, 4.69) is 10.3 Å². The first-order chi connectivity index (χ1) is 8.66. The second-order valence-corrected chi connectivity index (χ2v) is 3.65. The molecule has 1 amide bonds. The lowest BCUT2D eigenvalue weighted by Crippen LogP contribution is -2.23. The van der Waals surface area contributed by atoms with Crippen LogP contribution in [0.1, 0.15) is 16.1 Å². The van der Waals surface area contributed by atoms with Crippen molar-refractivity contribution in [2.45, 2.75) is 6.54 Å². The third kappa shape index (κ3) is 2.88. The molecule has 0 saturated heterocycles. The fourth-order valence-corrected chi connectivity index (χ4v) is 1.42. The van der Waals surface area contributed by atoms with Crippen LogP contribution >= 0.6 is 0 Å². The molecule has 1 aromatic heterocycles. The summed E-state index contributed by atoms with van der Waals surface area (Å²) in [5.74, 6) is -2.20. The summed E-state index contributed by atoms with van der Waals surface area (Å²) in [7, 11) is 0. The lowest BCUT2D eigenvalue weighted by atomic mass is 10.2. The number of halogens is 2. The normalized spacial score (nSPS) is 10.1. The zero-order valence-electron chi connectivity index (χ0n) is 9.36. The molecule has 3 nitrogen and oxygen atoms in total. The quantitative estimate of drug-likeness (QED) is 0.905. The molecule has 18 heavy (non-hydrogen) atoms. The summed E-state index contributed by atoms with van der Waals surface area (Å²) >= 11 is 0. The van der Waals surface area contributed by atoms with Crippen molar-refractivity contribution >= 4 is 5.91 Å². The van der Waals surface area contributed by atoms with E-state index in [0.29, 0.717) is 5.56 Å². The maximum Gasteiger partial charge on any atom is 0.270 e. The van der Waals surface area contributed by atoms with Gasteiger partial charge in [0.05, 0.1) is 0 Å². The number of nitrogens with one attached hydrogen (secondary N) is 1. The standard InChI is InChI=1S/C13H10F2N2O/c14-10-5-4-9(7-11(10)15)8-17-13(18)12-3-1-2-6-16-12/h1-7H,8H2,(H,17,18). The summed E-state index contributed by atoms with van der Waals surface area (Å²) in [5, 5.41) is 2.57. The minimum atomic E-state index is -0.931. The largest absolute Gasteiger partial charge is 0.347 e. The van der Waals surface area contributed by atoms with Gasteiger partial charge in [0.25, 0.3) is 5.91 Å². The molecule has 5 heteroatoms. The Kier molecular flexibility index (Phi) is 3.62. The van der Waals surface area contributed by atoms with Gasteiger partial charge in [0.15, 0.2) is 11.6 Å². The molecule has 2 aromatic rings. The van der Waals surface area contributed by atoms with Crippen LogP contribution in [-0.2, 0) is 6.54 Å². The Morgan fingerprint density at radius 3 is 2.67 bits per heavy atom. The highest BCUT2D eigenvalue weighted by Gasteiger charge is 2.07. The van der Waals surface area contributed by atoms with Crippen LogP contribution < -0.4 is 5.32 Å². The molecule has 0 saturated carbocycles. The summed E-state index contributed by atoms with van der Waals surface area (Å²) in [6.07, 6.45) is 1.51. The number of hydrogen-bond donors (Lipinski definition) is 1. The number of aromatic nitrogens is 1. The zero-order valence-corrected chi connectivity index (χ0v) is 9.36. The number of carbonyl (C=O) groups is 1. The number of amides is 1. The van der Waals surface area contributed by atoms with Crippen LogP contribution in [0, 0.1) is 11.6 Å². The van der Waals surface area contributed by atoms with Gasteiger partial charge in [-0.1, -0.05) is 12.1 Å². The van der Waals surface area contributed by atoms with Crippen molar-refractivity contribution in [3.05, 3.63) is 65.5 Å². The van der Waals surface area contributed by atoms with Gasteiger partial charge < -0.3 is 5.32 Å². The first-order valence-electron chi connectivity index (χ1n) is 5.30. The molecule has 0 aliphatic heterocycles. The number of nitrogens with zero attached hydrogens (tertiary/aromatic N) is 1. The van der Waals surface area contributed by atoms with E-state index in [-0.39, 0.29) is 18.1 Å². The Morgan fingerprint density at radius 1 is 1.17 bits per heavy atom. The number of pyridine rings is 1. The van der Waals surface area contributed by atoms with Crippen molar-refractivity contribution < 1.29 is 13.6 Å². The smallest absolute Gasteiger partial charge is 0.270 e. The Labute approximate surface area is 102 Å². The second-order valence-electron chi connectivity index (χ2n) is 3.65. The van der Waals surface area contributed by atoms with Crippen molar-refractivity contribution in [2.75, 3.05) is 0 Å². The Bertz CT molecular complexity index is 558. The highest BCUT2D eigenvalue weighted by Crippen LogP contribution is 2.08. The number of carbonyl (C=O) groups excluding carboxylic acids is 1. The summed E-state index contributed by atoms with van der Waals surface area (Å²) in [4.78, 5) is 15.5. The summed E-state index contributed by atoms with van der Waals surface area (Å²) < 4.78 is 25.6. The van der Waals surface area contributed by atoms with E-state index in [1.807, 2.05) is 0 Å². The molecular weight excluding hydrogens is 238 g/mol. The minimum absolute atomic E-state index is 0.118. The van der Waals surface area contributed by atoms with E-state index < -0.39 is 11.6 Å². The van der Waals surface area contributed by atoms with Crippen LogP contribution in [-0.4, -0.2) is 10.9 Å². The molecule has 1 N–H and O–H groups in total. The van der Waals surface area contributed by atoms with Gasteiger partial charge in [0.2, 0.25) is 0 Å². The number of benzene rings is 1. The van der Waals surface area contributed by atoms with Gasteiger partial charge in [-0.15, -0.1) is 0 Å². The molecule has 1 heterocycles. The molecule has 0 atom stereocenters.